The van der Waals surface area contributed by atoms with E-state index in [0.29, 0.717) is 51.3 Å². The minimum atomic E-state index is -5.08. The topological polar surface area (TPSA) is 189 Å². The van der Waals surface area contributed by atoms with E-state index in [9.17, 15) is 26.3 Å². The number of nitrogens with zero attached hydrogens (tertiary/aromatic N) is 2. The molecule has 18 heteroatoms. The van der Waals surface area contributed by atoms with Gasteiger partial charge in [0.2, 0.25) is 0 Å². The Kier molecular flexibility index (Phi) is 14.0. The van der Waals surface area contributed by atoms with Gasteiger partial charge in [0.1, 0.15) is 36.3 Å². The quantitative estimate of drug-likeness (QED) is 0.128. The average Bonchev–Trinajstić information content (AvgIpc) is 2.97. The van der Waals surface area contributed by atoms with E-state index in [4.69, 9.17) is 50.2 Å². The summed E-state index contributed by atoms with van der Waals surface area (Å²) in [6, 6.07) is 18.8. The molecule has 46 heavy (non-hydrogen) atoms. The highest BCUT2D eigenvalue weighted by atomic mass is 19.4. The van der Waals surface area contributed by atoms with Crippen molar-refractivity contribution >= 4 is 45.4 Å². The number of halogens is 6. The predicted molar refractivity (Wildman–Crippen MR) is 152 cm³/mol. The number of benzene rings is 2. The molecule has 0 aliphatic rings. The summed E-state index contributed by atoms with van der Waals surface area (Å²) in [5, 5.41) is 16.2. The fourth-order valence-corrected chi connectivity index (χ4v) is 3.18. The van der Waals surface area contributed by atoms with E-state index >= 15 is 0 Å². The number of ether oxygens (including phenoxy) is 4. The second kappa shape index (κ2) is 17.4. The molecule has 0 fully saturated rings. The molecule has 12 nitrogen and oxygen atoms in total. The Morgan fingerprint density at radius 1 is 0.587 bits per heavy atom. The van der Waals surface area contributed by atoms with Gasteiger partial charge in [-0.1, -0.05) is 0 Å². The summed E-state index contributed by atoms with van der Waals surface area (Å²) < 4.78 is 86.0. The van der Waals surface area contributed by atoms with Crippen LogP contribution in [0, 0.1) is 0 Å². The van der Waals surface area contributed by atoms with Crippen LogP contribution in [-0.2, 0) is 19.1 Å². The third-order valence-electron chi connectivity index (χ3n) is 5.21. The SMILES string of the molecule is Nc1ccc2cc(OCCOCCOCCOc3ccc4nc(N)ccc4c3)ccc2n1.O=C(O)C(F)(F)F.O=C(O)C(F)(F)F. The molecule has 0 spiro atoms. The number of carboxylic acids is 2. The number of carbonyl (C=O) groups is 2. The maximum absolute atomic E-state index is 10.6. The van der Waals surface area contributed by atoms with Crippen LogP contribution in [-0.4, -0.2) is 84.1 Å². The number of aromatic nitrogens is 2. The maximum Gasteiger partial charge on any atom is 0.490 e. The second-order valence-electron chi connectivity index (χ2n) is 8.71. The van der Waals surface area contributed by atoms with E-state index < -0.39 is 24.3 Å². The molecule has 0 saturated heterocycles. The molecule has 2 aromatic heterocycles. The van der Waals surface area contributed by atoms with E-state index in [1.54, 1.807) is 12.1 Å². The van der Waals surface area contributed by atoms with Crippen LogP contribution in [0.2, 0.25) is 0 Å². The van der Waals surface area contributed by atoms with E-state index in [0.717, 1.165) is 33.3 Å². The van der Waals surface area contributed by atoms with E-state index in [1.807, 2.05) is 48.5 Å². The fourth-order valence-electron chi connectivity index (χ4n) is 3.18. The molecular weight excluding hydrogens is 634 g/mol. The van der Waals surface area contributed by atoms with Gasteiger partial charge in [-0.3, -0.25) is 0 Å². The molecule has 0 bridgehead atoms. The van der Waals surface area contributed by atoms with Crippen molar-refractivity contribution in [3.05, 3.63) is 60.7 Å². The first-order valence-corrected chi connectivity index (χ1v) is 12.9. The zero-order chi connectivity index (χ0) is 34.3. The smallest absolute Gasteiger partial charge is 0.490 e. The minimum absolute atomic E-state index is 0.458. The molecule has 2 aromatic carbocycles. The molecule has 0 aliphatic carbocycles. The zero-order valence-electron chi connectivity index (χ0n) is 23.7. The predicted octanol–water partition coefficient (Wildman–Crippen LogP) is 4.71. The Morgan fingerprint density at radius 3 is 1.24 bits per heavy atom. The Bertz CT molecular complexity index is 1470. The summed E-state index contributed by atoms with van der Waals surface area (Å²) in [5.74, 6) is -2.96. The van der Waals surface area contributed by atoms with E-state index in [1.165, 1.54) is 0 Å². The second-order valence-corrected chi connectivity index (χ2v) is 8.71. The summed E-state index contributed by atoms with van der Waals surface area (Å²) in [6.07, 6.45) is -10.2. The number of nitrogen functional groups attached to an aromatic ring is 2. The third-order valence-corrected chi connectivity index (χ3v) is 5.21. The standard InChI is InChI=1S/C24H26N4O4.2C2HF3O2/c25-23-7-1-17-15-19(3-5-21(17)27-23)31-13-11-29-9-10-30-12-14-32-20-4-6-22-18(16-20)2-8-24(26)28-22;2*3-2(4,5)1(6)7/h1-8,15-16H,9-14H2,(H2,25,27)(H2,26,28);2*(H,6,7). The monoisotopic (exact) mass is 662 g/mol. The van der Waals surface area contributed by atoms with Gasteiger partial charge in [-0.25, -0.2) is 19.6 Å². The number of nitrogens with two attached hydrogens (primary N) is 2. The first-order valence-electron chi connectivity index (χ1n) is 12.9. The summed E-state index contributed by atoms with van der Waals surface area (Å²) in [7, 11) is 0. The van der Waals surface area contributed by atoms with Gasteiger partial charge in [0.25, 0.3) is 0 Å². The molecule has 0 unspecified atom stereocenters. The highest BCUT2D eigenvalue weighted by Crippen LogP contribution is 2.21. The van der Waals surface area contributed by atoms with Crippen molar-refractivity contribution in [1.29, 1.82) is 0 Å². The van der Waals surface area contributed by atoms with Gasteiger partial charge < -0.3 is 40.6 Å². The molecule has 0 radical (unpaired) electrons. The molecule has 0 amide bonds. The van der Waals surface area contributed by atoms with Crippen LogP contribution >= 0.6 is 0 Å². The van der Waals surface area contributed by atoms with Crippen molar-refractivity contribution in [2.24, 2.45) is 0 Å². The lowest BCUT2D eigenvalue weighted by molar-refractivity contribution is -0.193. The molecule has 250 valence electrons. The number of aliphatic carboxylic acids is 2. The summed E-state index contributed by atoms with van der Waals surface area (Å²) >= 11 is 0. The van der Waals surface area contributed by atoms with Gasteiger partial charge >= 0.3 is 24.3 Å². The van der Waals surface area contributed by atoms with Crippen molar-refractivity contribution in [1.82, 2.24) is 9.97 Å². The third kappa shape index (κ3) is 13.7. The van der Waals surface area contributed by atoms with Gasteiger partial charge in [0.15, 0.2) is 0 Å². The average molecular weight is 663 g/mol. The lowest BCUT2D eigenvalue weighted by atomic mass is 10.2. The highest BCUT2D eigenvalue weighted by Gasteiger charge is 2.38. The number of hydrogen-bond donors (Lipinski definition) is 4. The Labute approximate surface area is 256 Å². The molecule has 0 atom stereocenters. The van der Waals surface area contributed by atoms with Crippen LogP contribution in [0.3, 0.4) is 0 Å². The summed E-state index contributed by atoms with van der Waals surface area (Å²) in [4.78, 5) is 26.3. The summed E-state index contributed by atoms with van der Waals surface area (Å²) in [6.45, 7) is 2.86. The lowest BCUT2D eigenvalue weighted by Crippen LogP contribution is -2.21. The number of anilines is 2. The van der Waals surface area contributed by atoms with Crippen LogP contribution in [0.25, 0.3) is 21.8 Å². The van der Waals surface area contributed by atoms with Crippen LogP contribution in [0.15, 0.2) is 60.7 Å². The molecule has 0 saturated carbocycles. The van der Waals surface area contributed by atoms with Crippen LogP contribution in [0.5, 0.6) is 11.5 Å². The van der Waals surface area contributed by atoms with Crippen molar-refractivity contribution in [2.45, 2.75) is 12.4 Å². The van der Waals surface area contributed by atoms with Crippen molar-refractivity contribution in [3.63, 3.8) is 0 Å². The molecular formula is C28H28F6N4O8. The van der Waals surface area contributed by atoms with Gasteiger partial charge in [0, 0.05) is 10.8 Å². The zero-order valence-corrected chi connectivity index (χ0v) is 23.7. The number of carboxylic acid groups (broad SMARTS) is 2. The summed E-state index contributed by atoms with van der Waals surface area (Å²) in [5.41, 5.74) is 13.1. The normalized spacial score (nSPS) is 11.2. The highest BCUT2D eigenvalue weighted by molar-refractivity contribution is 5.82. The fraction of sp³-hybridized carbons (Fsp3) is 0.286. The molecule has 2 heterocycles. The minimum Gasteiger partial charge on any atom is -0.491 e. The number of alkyl halides is 6. The van der Waals surface area contributed by atoms with Crippen LogP contribution in [0.1, 0.15) is 0 Å². The van der Waals surface area contributed by atoms with Gasteiger partial charge in [-0.15, -0.1) is 0 Å². The van der Waals surface area contributed by atoms with Crippen LogP contribution < -0.4 is 20.9 Å². The first kappa shape index (κ1) is 37.1. The van der Waals surface area contributed by atoms with Gasteiger partial charge in [0.05, 0.1) is 37.5 Å². The van der Waals surface area contributed by atoms with Crippen LogP contribution in [0.4, 0.5) is 38.0 Å². The van der Waals surface area contributed by atoms with Crippen molar-refractivity contribution in [3.8, 4) is 11.5 Å². The first-order chi connectivity index (χ1) is 21.6. The van der Waals surface area contributed by atoms with Gasteiger partial charge in [-0.2, -0.15) is 26.3 Å². The largest absolute Gasteiger partial charge is 0.491 e. The molecule has 6 N–H and O–H groups in total. The molecule has 4 rings (SSSR count). The van der Waals surface area contributed by atoms with E-state index in [-0.39, 0.29) is 0 Å². The van der Waals surface area contributed by atoms with E-state index in [2.05, 4.69) is 9.97 Å². The molecule has 4 aromatic rings. The van der Waals surface area contributed by atoms with Crippen molar-refractivity contribution in [2.75, 3.05) is 51.1 Å². The number of hydrogen-bond acceptors (Lipinski definition) is 10. The Hall–Kier alpha value is -5.10. The molecule has 0 aliphatic heterocycles. The Balaban J connectivity index is 0.000000440. The van der Waals surface area contributed by atoms with Gasteiger partial charge in [-0.05, 0) is 60.7 Å². The number of pyridine rings is 2. The lowest BCUT2D eigenvalue weighted by Gasteiger charge is -2.09. The number of fused-ring (bicyclic) bond motifs is 2. The Morgan fingerprint density at radius 2 is 0.913 bits per heavy atom. The van der Waals surface area contributed by atoms with Crippen molar-refractivity contribution < 1.29 is 65.1 Å². The maximum atomic E-state index is 10.6. The number of rotatable bonds is 11.